The largest absolute Gasteiger partial charge is 0.384 e. The van der Waals surface area contributed by atoms with Crippen molar-refractivity contribution >= 4 is 11.8 Å². The van der Waals surface area contributed by atoms with Crippen LogP contribution in [0.15, 0.2) is 24.3 Å². The zero-order valence-electron chi connectivity index (χ0n) is 12.5. The van der Waals surface area contributed by atoms with Gasteiger partial charge in [0.15, 0.2) is 0 Å². The number of nitrogens with zero attached hydrogens (tertiary/aromatic N) is 1. The first-order valence-corrected chi connectivity index (χ1v) is 7.04. The lowest BCUT2D eigenvalue weighted by Gasteiger charge is -2.23. The van der Waals surface area contributed by atoms with Crippen LogP contribution in [0, 0.1) is 23.7 Å². The van der Waals surface area contributed by atoms with Gasteiger partial charge in [-0.2, -0.15) is 0 Å². The molecular formula is C17H19NO3. The van der Waals surface area contributed by atoms with Gasteiger partial charge in [0, 0.05) is 17.4 Å². The zero-order chi connectivity index (χ0) is 15.6. The van der Waals surface area contributed by atoms with Gasteiger partial charge in [0.2, 0.25) is 11.8 Å². The summed E-state index contributed by atoms with van der Waals surface area (Å²) in [6.07, 6.45) is 0. The van der Waals surface area contributed by atoms with Crippen LogP contribution in [-0.2, 0) is 9.59 Å². The van der Waals surface area contributed by atoms with E-state index in [0.717, 1.165) is 11.1 Å². The molecule has 3 atom stereocenters. The van der Waals surface area contributed by atoms with Crippen molar-refractivity contribution in [3.05, 3.63) is 35.4 Å². The highest BCUT2D eigenvalue weighted by Gasteiger charge is 2.44. The minimum Gasteiger partial charge on any atom is -0.384 e. The van der Waals surface area contributed by atoms with Crippen molar-refractivity contribution in [1.82, 2.24) is 4.90 Å². The van der Waals surface area contributed by atoms with Crippen LogP contribution in [0.5, 0.6) is 0 Å². The van der Waals surface area contributed by atoms with Gasteiger partial charge in [-0.3, -0.25) is 14.5 Å². The number of amides is 2. The molecule has 0 spiro atoms. The second-order valence-electron chi connectivity index (χ2n) is 5.39. The molecule has 1 aliphatic rings. The Labute approximate surface area is 124 Å². The van der Waals surface area contributed by atoms with Gasteiger partial charge in [0.25, 0.3) is 0 Å². The molecule has 1 fully saturated rings. The van der Waals surface area contributed by atoms with Crippen molar-refractivity contribution in [3.8, 4) is 11.8 Å². The number of hydrogen-bond acceptors (Lipinski definition) is 3. The third-order valence-corrected chi connectivity index (χ3v) is 4.07. The number of hydrogen-bond donors (Lipinski definition) is 1. The van der Waals surface area contributed by atoms with Crippen LogP contribution in [-0.4, -0.2) is 28.4 Å². The minimum atomic E-state index is -0.312. The monoisotopic (exact) mass is 285 g/mol. The predicted molar refractivity (Wildman–Crippen MR) is 79.0 cm³/mol. The number of rotatable bonds is 2. The highest BCUT2D eigenvalue weighted by Crippen LogP contribution is 2.33. The van der Waals surface area contributed by atoms with Crippen LogP contribution >= 0.6 is 0 Å². The summed E-state index contributed by atoms with van der Waals surface area (Å²) in [6.45, 7) is 5.23. The van der Waals surface area contributed by atoms with E-state index >= 15 is 0 Å². The summed E-state index contributed by atoms with van der Waals surface area (Å²) in [5.41, 5.74) is 1.62. The predicted octanol–water partition coefficient (Wildman–Crippen LogP) is 1.73. The van der Waals surface area contributed by atoms with Crippen molar-refractivity contribution in [2.45, 2.75) is 26.8 Å². The lowest BCUT2D eigenvalue weighted by atomic mass is 10.00. The average Bonchev–Trinajstić information content (AvgIpc) is 2.69. The molecule has 0 aromatic heterocycles. The van der Waals surface area contributed by atoms with Crippen LogP contribution in [0.4, 0.5) is 0 Å². The molecule has 110 valence electrons. The van der Waals surface area contributed by atoms with Crippen molar-refractivity contribution < 1.29 is 14.7 Å². The Morgan fingerprint density at radius 3 is 2.43 bits per heavy atom. The van der Waals surface area contributed by atoms with Crippen molar-refractivity contribution in [1.29, 1.82) is 0 Å². The van der Waals surface area contributed by atoms with Crippen LogP contribution in [0.25, 0.3) is 0 Å². The summed E-state index contributed by atoms with van der Waals surface area (Å²) < 4.78 is 0. The number of carbonyl (C=O) groups excluding carboxylic acids is 2. The highest BCUT2D eigenvalue weighted by atomic mass is 16.2. The van der Waals surface area contributed by atoms with Gasteiger partial charge < -0.3 is 5.11 Å². The van der Waals surface area contributed by atoms with Gasteiger partial charge in [-0.25, -0.2) is 0 Å². The summed E-state index contributed by atoms with van der Waals surface area (Å²) in [7, 11) is 0. The molecule has 2 rings (SSSR count). The molecule has 1 aromatic carbocycles. The van der Waals surface area contributed by atoms with E-state index in [1.165, 1.54) is 4.90 Å². The summed E-state index contributed by atoms with van der Waals surface area (Å²) >= 11 is 0. The first kappa shape index (κ1) is 15.3. The molecule has 1 saturated heterocycles. The summed E-state index contributed by atoms with van der Waals surface area (Å²) in [5, 5.41) is 8.74. The minimum absolute atomic E-state index is 0.119. The number of carbonyl (C=O) groups is 2. The highest BCUT2D eigenvalue weighted by molar-refractivity contribution is 6.05. The van der Waals surface area contributed by atoms with Crippen LogP contribution < -0.4 is 0 Å². The molecule has 2 amide bonds. The molecule has 1 N–H and O–H groups in total. The molecule has 21 heavy (non-hydrogen) atoms. The van der Waals surface area contributed by atoms with Gasteiger partial charge in [-0.05, 0) is 24.6 Å². The topological polar surface area (TPSA) is 57.6 Å². The van der Waals surface area contributed by atoms with Gasteiger partial charge >= 0.3 is 0 Å². The maximum atomic E-state index is 12.2. The molecule has 0 bridgehead atoms. The number of likely N-dealkylation sites (tertiary alicyclic amines) is 1. The van der Waals surface area contributed by atoms with Gasteiger partial charge in [0.05, 0.1) is 6.04 Å². The van der Waals surface area contributed by atoms with E-state index in [9.17, 15) is 9.59 Å². The third kappa shape index (κ3) is 2.84. The second kappa shape index (κ2) is 6.11. The van der Waals surface area contributed by atoms with Crippen LogP contribution in [0.3, 0.4) is 0 Å². The molecule has 1 heterocycles. The lowest BCUT2D eigenvalue weighted by Crippen LogP contribution is -2.33. The van der Waals surface area contributed by atoms with Crippen molar-refractivity contribution in [2.75, 3.05) is 6.61 Å². The SMILES string of the molecule is CC1C(=O)N(C(C)c2cccc(C#CCO)c2)C(=O)C1C. The second-order valence-corrected chi connectivity index (χ2v) is 5.39. The Morgan fingerprint density at radius 2 is 1.86 bits per heavy atom. The Morgan fingerprint density at radius 1 is 1.24 bits per heavy atom. The maximum Gasteiger partial charge on any atom is 0.233 e. The smallest absolute Gasteiger partial charge is 0.233 e. The Bertz CT molecular complexity index is 606. The fourth-order valence-corrected chi connectivity index (χ4v) is 2.52. The van der Waals surface area contributed by atoms with Gasteiger partial charge in [-0.1, -0.05) is 37.8 Å². The molecule has 0 aliphatic carbocycles. The van der Waals surface area contributed by atoms with E-state index in [4.69, 9.17) is 5.11 Å². The number of aliphatic hydroxyl groups is 1. The Kier molecular flexibility index (Phi) is 4.44. The van der Waals surface area contributed by atoms with Gasteiger partial charge in [0.1, 0.15) is 6.61 Å². The third-order valence-electron chi connectivity index (χ3n) is 4.07. The van der Waals surface area contributed by atoms with Crippen LogP contribution in [0.1, 0.15) is 37.9 Å². The number of imide groups is 1. The molecule has 1 aliphatic heterocycles. The summed E-state index contributed by atoms with van der Waals surface area (Å²) in [6, 6.07) is 7.08. The van der Waals surface area contributed by atoms with Crippen molar-refractivity contribution in [3.63, 3.8) is 0 Å². The van der Waals surface area contributed by atoms with E-state index in [1.54, 1.807) is 13.8 Å². The Balaban J connectivity index is 2.30. The summed E-state index contributed by atoms with van der Waals surface area (Å²) in [5.74, 6) is 4.65. The molecule has 0 saturated carbocycles. The molecule has 1 aromatic rings. The number of benzene rings is 1. The van der Waals surface area contributed by atoms with E-state index in [1.807, 2.05) is 31.2 Å². The first-order chi connectivity index (χ1) is 9.97. The molecule has 4 nitrogen and oxygen atoms in total. The quantitative estimate of drug-likeness (QED) is 0.665. The maximum absolute atomic E-state index is 12.2. The van der Waals surface area contributed by atoms with Gasteiger partial charge in [-0.15, -0.1) is 0 Å². The zero-order valence-corrected chi connectivity index (χ0v) is 12.5. The number of aliphatic hydroxyl groups excluding tert-OH is 1. The first-order valence-electron chi connectivity index (χ1n) is 7.04. The average molecular weight is 285 g/mol. The van der Waals surface area contributed by atoms with E-state index in [2.05, 4.69) is 11.8 Å². The summed E-state index contributed by atoms with van der Waals surface area (Å²) in [4.78, 5) is 25.8. The standard InChI is InChI=1S/C17H19NO3/c1-11-12(2)17(21)18(16(11)20)13(3)15-8-4-6-14(10-15)7-5-9-19/h4,6,8,10-13,19H,9H2,1-3H3. The molecule has 0 radical (unpaired) electrons. The lowest BCUT2D eigenvalue weighted by molar-refractivity contribution is -0.142. The Hall–Kier alpha value is -2.12. The van der Waals surface area contributed by atoms with E-state index in [0.29, 0.717) is 0 Å². The molecule has 4 heteroatoms. The van der Waals surface area contributed by atoms with E-state index < -0.39 is 0 Å². The fraction of sp³-hybridized carbons (Fsp3) is 0.412. The van der Waals surface area contributed by atoms with Crippen LogP contribution in [0.2, 0.25) is 0 Å². The van der Waals surface area contributed by atoms with Crippen molar-refractivity contribution in [2.24, 2.45) is 11.8 Å². The molecular weight excluding hydrogens is 266 g/mol. The fourth-order valence-electron chi connectivity index (χ4n) is 2.52. The normalized spacial score (nSPS) is 23.0. The van der Waals surface area contributed by atoms with E-state index in [-0.39, 0.29) is 36.3 Å². The molecule has 3 unspecified atom stereocenters.